The van der Waals surface area contributed by atoms with Gasteiger partial charge in [-0.2, -0.15) is 0 Å². The van der Waals surface area contributed by atoms with E-state index in [1.807, 2.05) is 18.2 Å². The predicted octanol–water partition coefficient (Wildman–Crippen LogP) is 3.72. The summed E-state index contributed by atoms with van der Waals surface area (Å²) in [5.74, 6) is 0.274. The van der Waals surface area contributed by atoms with E-state index in [1.165, 1.54) is 14.2 Å². The van der Waals surface area contributed by atoms with Gasteiger partial charge in [0.2, 0.25) is 5.89 Å². The molecular weight excluding hydrogens is 310 g/mol. The van der Waals surface area contributed by atoms with E-state index < -0.39 is 5.97 Å². The summed E-state index contributed by atoms with van der Waals surface area (Å²) in [5, 5.41) is 9.44. The van der Waals surface area contributed by atoms with Crippen LogP contribution in [0.2, 0.25) is 0 Å². The maximum absolute atomic E-state index is 11.5. The standard InChI is InChI=1S/C18H15NO5/c1-22-13-9-8-12(10-14(13)23-2)16-15(18(20)21)19-17(24-16)11-6-4-3-5-7-11/h3-10H,1-2H3,(H,20,21). The van der Waals surface area contributed by atoms with Crippen LogP contribution in [-0.2, 0) is 0 Å². The van der Waals surface area contributed by atoms with E-state index in [1.54, 1.807) is 30.3 Å². The summed E-state index contributed by atoms with van der Waals surface area (Å²) in [6.45, 7) is 0. The highest BCUT2D eigenvalue weighted by atomic mass is 16.5. The minimum atomic E-state index is -1.16. The molecule has 1 N–H and O–H groups in total. The maximum atomic E-state index is 11.5. The van der Waals surface area contributed by atoms with Gasteiger partial charge in [-0.25, -0.2) is 9.78 Å². The van der Waals surface area contributed by atoms with Crippen molar-refractivity contribution < 1.29 is 23.8 Å². The summed E-state index contributed by atoms with van der Waals surface area (Å²) in [6.07, 6.45) is 0. The van der Waals surface area contributed by atoms with Crippen LogP contribution >= 0.6 is 0 Å². The SMILES string of the molecule is COc1ccc(-c2oc(-c3ccccc3)nc2C(=O)O)cc1OC. The van der Waals surface area contributed by atoms with Crippen molar-refractivity contribution in [2.24, 2.45) is 0 Å². The summed E-state index contributed by atoms with van der Waals surface area (Å²) < 4.78 is 16.2. The number of aromatic nitrogens is 1. The lowest BCUT2D eigenvalue weighted by molar-refractivity contribution is 0.0691. The molecule has 0 unspecified atom stereocenters. The first-order valence-electron chi connectivity index (χ1n) is 7.16. The second kappa shape index (κ2) is 6.45. The first-order valence-corrected chi connectivity index (χ1v) is 7.16. The van der Waals surface area contributed by atoms with Crippen molar-refractivity contribution in [1.29, 1.82) is 0 Å². The monoisotopic (exact) mass is 325 g/mol. The number of carboxylic acids is 1. The molecule has 1 aromatic heterocycles. The number of benzene rings is 2. The van der Waals surface area contributed by atoms with Crippen LogP contribution in [0, 0.1) is 0 Å². The molecule has 2 aromatic carbocycles. The average molecular weight is 325 g/mol. The number of aromatic carboxylic acids is 1. The highest BCUT2D eigenvalue weighted by Gasteiger charge is 2.22. The minimum absolute atomic E-state index is 0.152. The summed E-state index contributed by atoms with van der Waals surface area (Å²) in [7, 11) is 3.04. The molecular formula is C18H15NO5. The van der Waals surface area contributed by atoms with Crippen molar-refractivity contribution >= 4 is 5.97 Å². The normalized spacial score (nSPS) is 10.4. The van der Waals surface area contributed by atoms with Gasteiger partial charge in [-0.15, -0.1) is 0 Å². The van der Waals surface area contributed by atoms with Crippen LogP contribution in [-0.4, -0.2) is 30.3 Å². The molecule has 24 heavy (non-hydrogen) atoms. The molecule has 3 aromatic rings. The van der Waals surface area contributed by atoms with Gasteiger partial charge in [0.05, 0.1) is 14.2 Å². The summed E-state index contributed by atoms with van der Waals surface area (Å²) in [5.41, 5.74) is 1.09. The van der Waals surface area contributed by atoms with E-state index in [0.29, 0.717) is 22.6 Å². The fourth-order valence-electron chi connectivity index (χ4n) is 2.34. The van der Waals surface area contributed by atoms with Crippen LogP contribution in [0.4, 0.5) is 0 Å². The highest BCUT2D eigenvalue weighted by Crippen LogP contribution is 2.35. The van der Waals surface area contributed by atoms with Crippen molar-refractivity contribution in [3.05, 3.63) is 54.2 Å². The third kappa shape index (κ3) is 2.81. The fourth-order valence-corrected chi connectivity index (χ4v) is 2.34. The minimum Gasteiger partial charge on any atom is -0.493 e. The Morgan fingerprint density at radius 1 is 1.00 bits per heavy atom. The van der Waals surface area contributed by atoms with E-state index in [-0.39, 0.29) is 17.3 Å². The second-order valence-corrected chi connectivity index (χ2v) is 4.94. The van der Waals surface area contributed by atoms with Gasteiger partial charge >= 0.3 is 5.97 Å². The third-order valence-corrected chi connectivity index (χ3v) is 3.50. The lowest BCUT2D eigenvalue weighted by Crippen LogP contribution is -1.99. The zero-order chi connectivity index (χ0) is 17.1. The second-order valence-electron chi connectivity index (χ2n) is 4.94. The van der Waals surface area contributed by atoms with Gasteiger partial charge in [0.1, 0.15) is 0 Å². The number of carbonyl (C=O) groups is 1. The van der Waals surface area contributed by atoms with Crippen LogP contribution in [0.1, 0.15) is 10.5 Å². The molecule has 0 aliphatic heterocycles. The van der Waals surface area contributed by atoms with E-state index >= 15 is 0 Å². The Morgan fingerprint density at radius 3 is 2.33 bits per heavy atom. The van der Waals surface area contributed by atoms with Gasteiger partial charge < -0.3 is 19.0 Å². The van der Waals surface area contributed by atoms with E-state index in [9.17, 15) is 9.90 Å². The number of oxazole rings is 1. The predicted molar refractivity (Wildman–Crippen MR) is 87.4 cm³/mol. The van der Waals surface area contributed by atoms with Gasteiger partial charge in [-0.05, 0) is 30.3 Å². The molecule has 0 bridgehead atoms. The zero-order valence-corrected chi connectivity index (χ0v) is 13.1. The molecule has 0 amide bonds. The van der Waals surface area contributed by atoms with Crippen molar-refractivity contribution in [3.8, 4) is 34.3 Å². The summed E-state index contributed by atoms with van der Waals surface area (Å²) >= 11 is 0. The first-order chi connectivity index (χ1) is 11.6. The number of ether oxygens (including phenoxy) is 2. The lowest BCUT2D eigenvalue weighted by Gasteiger charge is -2.08. The molecule has 1 heterocycles. The lowest BCUT2D eigenvalue weighted by atomic mass is 10.1. The molecule has 122 valence electrons. The molecule has 0 saturated carbocycles. The van der Waals surface area contributed by atoms with E-state index in [4.69, 9.17) is 13.9 Å². The highest BCUT2D eigenvalue weighted by molar-refractivity contribution is 5.93. The van der Waals surface area contributed by atoms with Gasteiger partial charge in [-0.1, -0.05) is 18.2 Å². The van der Waals surface area contributed by atoms with Crippen LogP contribution in [0.25, 0.3) is 22.8 Å². The number of methoxy groups -OCH3 is 2. The smallest absolute Gasteiger partial charge is 0.358 e. The fraction of sp³-hybridized carbons (Fsp3) is 0.111. The Labute approximate surface area is 138 Å². The molecule has 0 aliphatic rings. The van der Waals surface area contributed by atoms with Gasteiger partial charge in [0.25, 0.3) is 0 Å². The number of carboxylic acid groups (broad SMARTS) is 1. The molecule has 0 spiro atoms. The molecule has 0 fully saturated rings. The van der Waals surface area contributed by atoms with Crippen LogP contribution < -0.4 is 9.47 Å². The molecule has 0 radical (unpaired) electrons. The topological polar surface area (TPSA) is 81.8 Å². The Hall–Kier alpha value is -3.28. The quantitative estimate of drug-likeness (QED) is 0.770. The molecule has 3 rings (SSSR count). The Balaban J connectivity index is 2.13. The van der Waals surface area contributed by atoms with Gasteiger partial charge in [0, 0.05) is 11.1 Å². The Kier molecular flexibility index (Phi) is 4.20. The van der Waals surface area contributed by atoms with Crippen LogP contribution in [0.5, 0.6) is 11.5 Å². The first kappa shape index (κ1) is 15.6. The molecule has 6 heteroatoms. The summed E-state index contributed by atoms with van der Waals surface area (Å²) in [6, 6.07) is 14.2. The average Bonchev–Trinajstić information content (AvgIpc) is 3.07. The third-order valence-electron chi connectivity index (χ3n) is 3.50. The largest absolute Gasteiger partial charge is 0.493 e. The maximum Gasteiger partial charge on any atom is 0.358 e. The molecule has 6 nitrogen and oxygen atoms in total. The zero-order valence-electron chi connectivity index (χ0n) is 13.1. The molecule has 0 saturated heterocycles. The number of hydrogen-bond donors (Lipinski definition) is 1. The molecule has 0 aliphatic carbocycles. The summed E-state index contributed by atoms with van der Waals surface area (Å²) in [4.78, 5) is 15.7. The van der Waals surface area contributed by atoms with Crippen LogP contribution in [0.3, 0.4) is 0 Å². The van der Waals surface area contributed by atoms with E-state index in [2.05, 4.69) is 4.98 Å². The van der Waals surface area contributed by atoms with Crippen LogP contribution in [0.15, 0.2) is 52.9 Å². The Morgan fingerprint density at radius 2 is 1.71 bits per heavy atom. The van der Waals surface area contributed by atoms with Crippen molar-refractivity contribution in [3.63, 3.8) is 0 Å². The molecule has 0 atom stereocenters. The Bertz CT molecular complexity index is 870. The number of hydrogen-bond acceptors (Lipinski definition) is 5. The van der Waals surface area contributed by atoms with E-state index in [0.717, 1.165) is 0 Å². The van der Waals surface area contributed by atoms with Crippen molar-refractivity contribution in [1.82, 2.24) is 4.98 Å². The number of nitrogens with zero attached hydrogens (tertiary/aromatic N) is 1. The van der Waals surface area contributed by atoms with Gasteiger partial charge in [-0.3, -0.25) is 0 Å². The van der Waals surface area contributed by atoms with Gasteiger partial charge in [0.15, 0.2) is 23.0 Å². The van der Waals surface area contributed by atoms with Crippen molar-refractivity contribution in [2.75, 3.05) is 14.2 Å². The van der Waals surface area contributed by atoms with Crippen molar-refractivity contribution in [2.45, 2.75) is 0 Å². The number of rotatable bonds is 5.